The number of hydrogen-bond donors (Lipinski definition) is 0. The van der Waals surface area contributed by atoms with Crippen molar-refractivity contribution in [3.8, 4) is 55.9 Å². The first-order chi connectivity index (χ1) is 41.2. The van der Waals surface area contributed by atoms with Crippen molar-refractivity contribution in [2.75, 3.05) is 9.80 Å². The van der Waals surface area contributed by atoms with Crippen molar-refractivity contribution < 1.29 is 0 Å². The van der Waals surface area contributed by atoms with E-state index < -0.39 is 0 Å². The smallest absolute Gasteiger partial charge is 0.252 e. The molecular weight excluding hydrogens is 1000 g/mol. The molecule has 4 nitrogen and oxygen atoms in total. The molecule has 0 spiro atoms. The minimum Gasteiger partial charge on any atom is -0.311 e. The van der Waals surface area contributed by atoms with Crippen LogP contribution in [-0.4, -0.2) is 15.8 Å². The Morgan fingerprint density at radius 2 is 0.639 bits per heavy atom. The number of fused-ring (bicyclic) bond motifs is 11. The zero-order chi connectivity index (χ0) is 54.5. The Morgan fingerprint density at radius 1 is 0.229 bits per heavy atom. The molecule has 2 aromatic heterocycles. The monoisotopic (exact) mass is 1050 g/mol. The first-order valence-corrected chi connectivity index (χ1v) is 28.7. The lowest BCUT2D eigenvalue weighted by molar-refractivity contribution is 1.16. The van der Waals surface area contributed by atoms with Crippen molar-refractivity contribution in [2.45, 2.75) is 0 Å². The van der Waals surface area contributed by atoms with Gasteiger partial charge in [-0.05, 0) is 140 Å². The summed E-state index contributed by atoms with van der Waals surface area (Å²) in [7, 11) is 0. The van der Waals surface area contributed by atoms with Gasteiger partial charge in [-0.15, -0.1) is 0 Å². The zero-order valence-corrected chi connectivity index (χ0v) is 45.3. The van der Waals surface area contributed by atoms with Crippen LogP contribution in [0.15, 0.2) is 309 Å². The fraction of sp³-hybridized carbons (Fsp3) is 0. The Hall–Kier alpha value is -10.9. The van der Waals surface area contributed by atoms with Crippen LogP contribution in [0.25, 0.3) is 99.5 Å². The Bertz CT molecular complexity index is 4960. The SMILES string of the molecule is c1ccc(-c2ccc(N3c4cc(-c5ccccc5)ccc4B4c5ccc6c(c5N(c5ccc(-c7ccccc7)cc5)c5cc(-n7c8ccccc8c8ccccc87)cc3c54)c3ccccc3n6-c3cccc(-c4ccccc4)c3)cc2)cc1. The maximum Gasteiger partial charge on any atom is 0.252 e. The van der Waals surface area contributed by atoms with Gasteiger partial charge in [0.25, 0.3) is 6.71 Å². The third kappa shape index (κ3) is 7.41. The van der Waals surface area contributed by atoms with Crippen molar-refractivity contribution in [3.63, 3.8) is 0 Å². The Labute approximate surface area is 482 Å². The van der Waals surface area contributed by atoms with Crippen LogP contribution in [0.5, 0.6) is 0 Å². The number of hydrogen-bond acceptors (Lipinski definition) is 2. The molecule has 0 unspecified atom stereocenters. The van der Waals surface area contributed by atoms with Crippen molar-refractivity contribution >= 4 is 101 Å². The number of aromatic nitrogens is 2. The van der Waals surface area contributed by atoms with Gasteiger partial charge < -0.3 is 18.9 Å². The molecule has 15 aromatic rings. The van der Waals surface area contributed by atoms with Crippen molar-refractivity contribution in [3.05, 3.63) is 309 Å². The molecule has 0 bridgehead atoms. The van der Waals surface area contributed by atoms with Gasteiger partial charge in [-0.3, -0.25) is 0 Å². The second-order valence-electron chi connectivity index (χ2n) is 22.0. The fourth-order valence-electron chi connectivity index (χ4n) is 13.8. The predicted molar refractivity (Wildman–Crippen MR) is 351 cm³/mol. The maximum absolute atomic E-state index is 2.62. The zero-order valence-electron chi connectivity index (χ0n) is 45.3. The van der Waals surface area contributed by atoms with E-state index >= 15 is 0 Å². The highest BCUT2D eigenvalue weighted by atomic mass is 15.2. The predicted octanol–water partition coefficient (Wildman–Crippen LogP) is 18.6. The average Bonchev–Trinajstić information content (AvgIpc) is 1.86. The third-order valence-corrected chi connectivity index (χ3v) is 17.5. The molecule has 0 atom stereocenters. The Balaban J connectivity index is 1.01. The highest BCUT2D eigenvalue weighted by Crippen LogP contribution is 2.50. The molecule has 17 rings (SSSR count). The van der Waals surface area contributed by atoms with Crippen LogP contribution >= 0.6 is 0 Å². The van der Waals surface area contributed by atoms with E-state index in [4.69, 9.17) is 0 Å². The first kappa shape index (κ1) is 47.0. The molecule has 2 aliphatic rings. The number of benzene rings is 13. The van der Waals surface area contributed by atoms with E-state index in [1.165, 1.54) is 88.1 Å². The highest BCUT2D eigenvalue weighted by molar-refractivity contribution is 7.00. The lowest BCUT2D eigenvalue weighted by atomic mass is 9.33. The summed E-state index contributed by atoms with van der Waals surface area (Å²) in [6.07, 6.45) is 0. The molecule has 0 amide bonds. The molecular formula is C78H51BN4. The Kier molecular flexibility index (Phi) is 10.7. The molecule has 5 heteroatoms. The van der Waals surface area contributed by atoms with Crippen LogP contribution in [0.1, 0.15) is 0 Å². The van der Waals surface area contributed by atoms with E-state index in [1.54, 1.807) is 0 Å². The third-order valence-electron chi connectivity index (χ3n) is 17.5. The number of nitrogens with zero attached hydrogens (tertiary/aromatic N) is 4. The van der Waals surface area contributed by atoms with Crippen LogP contribution in [0, 0.1) is 0 Å². The molecule has 0 saturated carbocycles. The summed E-state index contributed by atoms with van der Waals surface area (Å²) in [5.74, 6) is 0. The van der Waals surface area contributed by atoms with Crippen LogP contribution in [-0.2, 0) is 0 Å². The summed E-state index contributed by atoms with van der Waals surface area (Å²) in [6, 6.07) is 115. The van der Waals surface area contributed by atoms with Crippen LogP contribution in [0.2, 0.25) is 0 Å². The minimum absolute atomic E-state index is 0.144. The van der Waals surface area contributed by atoms with Crippen LogP contribution in [0.4, 0.5) is 34.1 Å². The van der Waals surface area contributed by atoms with Gasteiger partial charge >= 0.3 is 0 Å². The minimum atomic E-state index is -0.144. The quantitative estimate of drug-likeness (QED) is 0.141. The summed E-state index contributed by atoms with van der Waals surface area (Å²) in [5.41, 5.74) is 26.9. The van der Waals surface area contributed by atoms with Gasteiger partial charge in [-0.2, -0.15) is 0 Å². The summed E-state index contributed by atoms with van der Waals surface area (Å²) in [6.45, 7) is -0.144. The van der Waals surface area contributed by atoms with Crippen molar-refractivity contribution in [2.24, 2.45) is 0 Å². The van der Waals surface area contributed by atoms with E-state index in [-0.39, 0.29) is 6.71 Å². The van der Waals surface area contributed by atoms with Gasteiger partial charge in [0.05, 0.1) is 33.4 Å². The first-order valence-electron chi connectivity index (χ1n) is 28.7. The largest absolute Gasteiger partial charge is 0.311 e. The molecule has 0 fully saturated rings. The lowest BCUT2D eigenvalue weighted by Gasteiger charge is -2.45. The second-order valence-corrected chi connectivity index (χ2v) is 22.0. The molecule has 4 heterocycles. The summed E-state index contributed by atoms with van der Waals surface area (Å²) in [4.78, 5) is 5.19. The van der Waals surface area contributed by atoms with E-state index in [0.717, 1.165) is 61.9 Å². The molecule has 386 valence electrons. The van der Waals surface area contributed by atoms with Gasteiger partial charge in [-0.1, -0.05) is 231 Å². The van der Waals surface area contributed by atoms with E-state index in [0.29, 0.717) is 0 Å². The molecule has 0 radical (unpaired) electrons. The second kappa shape index (κ2) is 18.9. The van der Waals surface area contributed by atoms with Crippen molar-refractivity contribution in [1.29, 1.82) is 0 Å². The average molecular weight is 1060 g/mol. The molecule has 2 aliphatic heterocycles. The van der Waals surface area contributed by atoms with E-state index in [9.17, 15) is 0 Å². The topological polar surface area (TPSA) is 16.3 Å². The van der Waals surface area contributed by atoms with E-state index in [2.05, 4.69) is 328 Å². The van der Waals surface area contributed by atoms with Crippen LogP contribution in [0.3, 0.4) is 0 Å². The van der Waals surface area contributed by atoms with Gasteiger partial charge in [0.2, 0.25) is 0 Å². The maximum atomic E-state index is 2.62. The van der Waals surface area contributed by atoms with Crippen LogP contribution < -0.4 is 26.2 Å². The summed E-state index contributed by atoms with van der Waals surface area (Å²) in [5, 5.41) is 4.87. The van der Waals surface area contributed by atoms with Gasteiger partial charge in [0.15, 0.2) is 0 Å². The van der Waals surface area contributed by atoms with Gasteiger partial charge in [-0.25, -0.2) is 0 Å². The standard InChI is InChI=1S/C78H51BN4/c1-5-20-52(21-6-1)56-36-41-60(42-37-56)80-73-49-59(55-26-11-4-12-27-55)40-45-67(73)79-68-46-47-72-76(66-32-15-18-35-71(66)81(72)62-29-19-28-58(48-62)54-24-9-3-10-25-54)78(68)83(61-43-38-57(39-44-61)53-22-7-2-8-23-53)75-51-63(50-74(80)77(75)79)82-69-33-16-13-30-64(69)65-31-14-17-34-70(65)82/h1-51H. The highest BCUT2D eigenvalue weighted by Gasteiger charge is 2.45. The van der Waals surface area contributed by atoms with Gasteiger partial charge in [0, 0.05) is 55.7 Å². The normalized spacial score (nSPS) is 12.5. The molecule has 13 aromatic carbocycles. The number of anilines is 6. The molecule has 0 saturated heterocycles. The fourth-order valence-corrected chi connectivity index (χ4v) is 13.8. The van der Waals surface area contributed by atoms with E-state index in [1.807, 2.05) is 0 Å². The summed E-state index contributed by atoms with van der Waals surface area (Å²) < 4.78 is 4.99. The molecule has 0 aliphatic carbocycles. The summed E-state index contributed by atoms with van der Waals surface area (Å²) >= 11 is 0. The lowest BCUT2D eigenvalue weighted by Crippen LogP contribution is -2.61. The number of rotatable bonds is 8. The van der Waals surface area contributed by atoms with Gasteiger partial charge in [0.1, 0.15) is 0 Å². The number of para-hydroxylation sites is 3. The molecule has 83 heavy (non-hydrogen) atoms. The van der Waals surface area contributed by atoms with Crippen molar-refractivity contribution in [1.82, 2.24) is 9.13 Å². The molecule has 0 N–H and O–H groups in total. The Morgan fingerprint density at radius 3 is 1.20 bits per heavy atom.